The summed E-state index contributed by atoms with van der Waals surface area (Å²) in [7, 11) is 0. The van der Waals surface area contributed by atoms with Gasteiger partial charge in [0.05, 0.1) is 0 Å². The van der Waals surface area contributed by atoms with Crippen molar-refractivity contribution >= 4 is 5.91 Å². The second kappa shape index (κ2) is 6.39. The highest BCUT2D eigenvalue weighted by Crippen LogP contribution is 2.36. The lowest BCUT2D eigenvalue weighted by Gasteiger charge is -2.28. The normalized spacial score (nSPS) is 24.6. The van der Waals surface area contributed by atoms with Gasteiger partial charge >= 0.3 is 0 Å². The lowest BCUT2D eigenvalue weighted by Crippen LogP contribution is -2.40. The van der Waals surface area contributed by atoms with Crippen LogP contribution in [0.15, 0.2) is 0 Å². The zero-order valence-electron chi connectivity index (χ0n) is 11.8. The molecule has 1 saturated carbocycles. The van der Waals surface area contributed by atoms with Gasteiger partial charge in [-0.25, -0.2) is 0 Å². The average molecular weight is 240 g/mol. The summed E-state index contributed by atoms with van der Waals surface area (Å²) in [4.78, 5) is 11.6. The Bertz CT molecular complexity index is 251. The summed E-state index contributed by atoms with van der Waals surface area (Å²) in [5.41, 5.74) is 0.396. The molecule has 1 aliphatic carbocycles. The van der Waals surface area contributed by atoms with Gasteiger partial charge in [0.2, 0.25) is 5.91 Å². The molecule has 0 bridgehead atoms. The molecule has 3 heteroatoms. The molecule has 1 aliphatic rings. The molecule has 2 N–H and O–H groups in total. The Hall–Kier alpha value is -0.570. The Labute approximate surface area is 106 Å². The van der Waals surface area contributed by atoms with E-state index in [1.54, 1.807) is 0 Å². The van der Waals surface area contributed by atoms with E-state index in [1.807, 2.05) is 6.92 Å². The van der Waals surface area contributed by atoms with Crippen LogP contribution in [0, 0.1) is 5.41 Å². The van der Waals surface area contributed by atoms with Gasteiger partial charge in [-0.1, -0.05) is 27.2 Å². The first-order valence-corrected chi connectivity index (χ1v) is 6.98. The highest BCUT2D eigenvalue weighted by Gasteiger charge is 2.33. The summed E-state index contributed by atoms with van der Waals surface area (Å²) in [5, 5.41) is 6.53. The Kier molecular flexibility index (Phi) is 5.44. The van der Waals surface area contributed by atoms with Gasteiger partial charge in [0.1, 0.15) is 0 Å². The van der Waals surface area contributed by atoms with Crippen LogP contribution in [-0.4, -0.2) is 24.5 Å². The van der Waals surface area contributed by atoms with Gasteiger partial charge in [0.15, 0.2) is 0 Å². The second-order valence-corrected chi connectivity index (χ2v) is 6.01. The maximum atomic E-state index is 11.6. The van der Waals surface area contributed by atoms with Crippen molar-refractivity contribution in [2.45, 2.75) is 71.9 Å². The van der Waals surface area contributed by atoms with Crippen molar-refractivity contribution in [1.29, 1.82) is 0 Å². The van der Waals surface area contributed by atoms with Gasteiger partial charge in [-0.15, -0.1) is 0 Å². The SMILES string of the molecule is CCC(C)NC(=O)CCNC1CCCC1(C)C. The third-order valence-corrected chi connectivity index (χ3v) is 4.02. The molecule has 0 aromatic heterocycles. The van der Waals surface area contributed by atoms with Crippen LogP contribution in [0.1, 0.15) is 59.8 Å². The van der Waals surface area contributed by atoms with Crippen LogP contribution in [-0.2, 0) is 4.79 Å². The summed E-state index contributed by atoms with van der Waals surface area (Å²) in [6, 6.07) is 0.879. The number of carbonyl (C=O) groups is 1. The molecule has 1 amide bonds. The molecule has 0 saturated heterocycles. The van der Waals surface area contributed by atoms with Gasteiger partial charge in [-0.2, -0.15) is 0 Å². The largest absolute Gasteiger partial charge is 0.354 e. The Morgan fingerprint density at radius 1 is 1.47 bits per heavy atom. The van der Waals surface area contributed by atoms with Gasteiger partial charge in [0.25, 0.3) is 0 Å². The molecule has 3 nitrogen and oxygen atoms in total. The zero-order valence-corrected chi connectivity index (χ0v) is 11.8. The van der Waals surface area contributed by atoms with Crippen LogP contribution >= 0.6 is 0 Å². The summed E-state index contributed by atoms with van der Waals surface area (Å²) in [5.74, 6) is 0.169. The van der Waals surface area contributed by atoms with Crippen molar-refractivity contribution in [2.75, 3.05) is 6.54 Å². The van der Waals surface area contributed by atoms with Crippen molar-refractivity contribution in [3.05, 3.63) is 0 Å². The molecule has 0 radical (unpaired) electrons. The van der Waals surface area contributed by atoms with E-state index in [0.29, 0.717) is 23.9 Å². The molecule has 0 aromatic rings. The van der Waals surface area contributed by atoms with Gasteiger partial charge in [-0.3, -0.25) is 4.79 Å². The fraction of sp³-hybridized carbons (Fsp3) is 0.929. The monoisotopic (exact) mass is 240 g/mol. The van der Waals surface area contributed by atoms with Gasteiger partial charge in [-0.05, 0) is 31.6 Å². The van der Waals surface area contributed by atoms with E-state index in [1.165, 1.54) is 19.3 Å². The van der Waals surface area contributed by atoms with E-state index in [2.05, 4.69) is 31.4 Å². The van der Waals surface area contributed by atoms with E-state index < -0.39 is 0 Å². The predicted molar refractivity (Wildman–Crippen MR) is 71.9 cm³/mol. The minimum atomic E-state index is 0.169. The highest BCUT2D eigenvalue weighted by atomic mass is 16.1. The first kappa shape index (κ1) is 14.5. The molecule has 17 heavy (non-hydrogen) atoms. The fourth-order valence-electron chi connectivity index (χ4n) is 2.51. The lowest BCUT2D eigenvalue weighted by molar-refractivity contribution is -0.121. The van der Waals surface area contributed by atoms with Crippen LogP contribution < -0.4 is 10.6 Å². The molecule has 0 heterocycles. The minimum Gasteiger partial charge on any atom is -0.354 e. The molecular formula is C14H28N2O. The molecule has 100 valence electrons. The standard InChI is InChI=1S/C14H28N2O/c1-5-11(2)16-13(17)8-10-15-12-7-6-9-14(12,3)4/h11-12,15H,5-10H2,1-4H3,(H,16,17). The lowest BCUT2D eigenvalue weighted by atomic mass is 9.87. The number of carbonyl (C=O) groups excluding carboxylic acids is 1. The zero-order chi connectivity index (χ0) is 12.9. The first-order chi connectivity index (χ1) is 7.95. The third-order valence-electron chi connectivity index (χ3n) is 4.02. The van der Waals surface area contributed by atoms with Crippen LogP contribution in [0.4, 0.5) is 0 Å². The van der Waals surface area contributed by atoms with Crippen molar-refractivity contribution in [3.8, 4) is 0 Å². The molecule has 0 spiro atoms. The minimum absolute atomic E-state index is 0.169. The van der Waals surface area contributed by atoms with Crippen molar-refractivity contribution in [3.63, 3.8) is 0 Å². The van der Waals surface area contributed by atoms with E-state index in [-0.39, 0.29) is 5.91 Å². The molecule has 0 aromatic carbocycles. The highest BCUT2D eigenvalue weighted by molar-refractivity contribution is 5.76. The van der Waals surface area contributed by atoms with Crippen LogP contribution in [0.2, 0.25) is 0 Å². The van der Waals surface area contributed by atoms with Gasteiger partial charge < -0.3 is 10.6 Å². The maximum Gasteiger partial charge on any atom is 0.221 e. The molecule has 1 fully saturated rings. The summed E-state index contributed by atoms with van der Waals surface area (Å²) in [6.07, 6.45) is 5.44. The van der Waals surface area contributed by atoms with Crippen LogP contribution in [0.5, 0.6) is 0 Å². The molecule has 2 atom stereocenters. The maximum absolute atomic E-state index is 11.6. The van der Waals surface area contributed by atoms with Crippen molar-refractivity contribution in [1.82, 2.24) is 10.6 Å². The van der Waals surface area contributed by atoms with E-state index in [4.69, 9.17) is 0 Å². The van der Waals surface area contributed by atoms with Crippen LogP contribution in [0.3, 0.4) is 0 Å². The Morgan fingerprint density at radius 3 is 2.71 bits per heavy atom. The number of rotatable bonds is 6. The number of nitrogens with one attached hydrogen (secondary N) is 2. The topological polar surface area (TPSA) is 41.1 Å². The molecule has 2 unspecified atom stereocenters. The van der Waals surface area contributed by atoms with Crippen LogP contribution in [0.25, 0.3) is 0 Å². The Morgan fingerprint density at radius 2 is 2.18 bits per heavy atom. The summed E-state index contributed by atoms with van der Waals surface area (Å²) < 4.78 is 0. The summed E-state index contributed by atoms with van der Waals surface area (Å²) in [6.45, 7) is 9.57. The third kappa shape index (κ3) is 4.66. The van der Waals surface area contributed by atoms with Crippen molar-refractivity contribution < 1.29 is 4.79 Å². The van der Waals surface area contributed by atoms with Gasteiger partial charge in [0, 0.05) is 25.0 Å². The number of hydrogen-bond acceptors (Lipinski definition) is 2. The quantitative estimate of drug-likeness (QED) is 0.749. The fourth-order valence-corrected chi connectivity index (χ4v) is 2.51. The average Bonchev–Trinajstić information content (AvgIpc) is 2.58. The second-order valence-electron chi connectivity index (χ2n) is 6.01. The first-order valence-electron chi connectivity index (χ1n) is 6.98. The number of hydrogen-bond donors (Lipinski definition) is 2. The molecular weight excluding hydrogens is 212 g/mol. The number of amides is 1. The van der Waals surface area contributed by atoms with E-state index >= 15 is 0 Å². The predicted octanol–water partition coefficient (Wildman–Crippen LogP) is 2.46. The molecule has 0 aliphatic heterocycles. The van der Waals surface area contributed by atoms with Crippen molar-refractivity contribution in [2.24, 2.45) is 5.41 Å². The summed E-state index contributed by atoms with van der Waals surface area (Å²) >= 11 is 0. The molecule has 1 rings (SSSR count). The Balaban J connectivity index is 2.17. The smallest absolute Gasteiger partial charge is 0.221 e. The van der Waals surface area contributed by atoms with E-state index in [9.17, 15) is 4.79 Å². The van der Waals surface area contributed by atoms with E-state index in [0.717, 1.165) is 13.0 Å².